The quantitative estimate of drug-likeness (QED) is 0.836. The van der Waals surface area contributed by atoms with Crippen molar-refractivity contribution >= 4 is 0 Å². The van der Waals surface area contributed by atoms with E-state index in [1.165, 1.54) is 5.56 Å². The molecular weight excluding hydrogens is 214 g/mol. The summed E-state index contributed by atoms with van der Waals surface area (Å²) in [6.07, 6.45) is 1.73. The summed E-state index contributed by atoms with van der Waals surface area (Å²) in [5.41, 5.74) is 0.699. The lowest BCUT2D eigenvalue weighted by Crippen LogP contribution is -2.49. The molecule has 0 aliphatic carbocycles. The van der Waals surface area contributed by atoms with Crippen LogP contribution in [0.15, 0.2) is 24.3 Å². The van der Waals surface area contributed by atoms with E-state index in [9.17, 15) is 5.11 Å². The second-order valence-electron chi connectivity index (χ2n) is 5.06. The molecule has 0 bridgehead atoms. The van der Waals surface area contributed by atoms with Gasteiger partial charge in [-0.3, -0.25) is 0 Å². The summed E-state index contributed by atoms with van der Waals surface area (Å²) in [7, 11) is 1.67. The lowest BCUT2D eigenvalue weighted by atomic mass is 9.79. The predicted octanol–water partition coefficient (Wildman–Crippen LogP) is 1.60. The minimum absolute atomic E-state index is 0.282. The van der Waals surface area contributed by atoms with Crippen molar-refractivity contribution in [1.82, 2.24) is 5.32 Å². The van der Waals surface area contributed by atoms with Crippen LogP contribution in [-0.4, -0.2) is 30.9 Å². The third-order valence-corrected chi connectivity index (χ3v) is 3.72. The average molecular weight is 235 g/mol. The summed E-state index contributed by atoms with van der Waals surface area (Å²) in [5.74, 6) is 1.16. The Balaban J connectivity index is 2.03. The second kappa shape index (κ2) is 5.07. The molecule has 1 heterocycles. The van der Waals surface area contributed by atoms with Crippen LogP contribution in [0.25, 0.3) is 0 Å². The Morgan fingerprint density at radius 3 is 2.71 bits per heavy atom. The van der Waals surface area contributed by atoms with Crippen LogP contribution in [0.4, 0.5) is 0 Å². The number of nitrogens with one attached hydrogen (secondary N) is 1. The van der Waals surface area contributed by atoms with Gasteiger partial charge in [-0.15, -0.1) is 0 Å². The van der Waals surface area contributed by atoms with Crippen LogP contribution < -0.4 is 10.1 Å². The lowest BCUT2D eigenvalue weighted by Gasteiger charge is -2.37. The number of hydrogen-bond acceptors (Lipinski definition) is 3. The summed E-state index contributed by atoms with van der Waals surface area (Å²) in [6.45, 7) is 3.74. The largest absolute Gasteiger partial charge is 0.497 e. The molecule has 0 aromatic heterocycles. The van der Waals surface area contributed by atoms with Gasteiger partial charge in [0.1, 0.15) is 5.75 Å². The smallest absolute Gasteiger partial charge is 0.118 e. The Morgan fingerprint density at radius 2 is 2.12 bits per heavy atom. The van der Waals surface area contributed by atoms with Crippen molar-refractivity contribution in [3.63, 3.8) is 0 Å². The summed E-state index contributed by atoms with van der Waals surface area (Å²) >= 11 is 0. The SMILES string of the molecule is COc1ccc(CC2CNCCC2(C)O)cc1. The van der Waals surface area contributed by atoms with Gasteiger partial charge in [0.25, 0.3) is 0 Å². The molecule has 94 valence electrons. The van der Waals surface area contributed by atoms with E-state index in [1.54, 1.807) is 7.11 Å². The van der Waals surface area contributed by atoms with Crippen LogP contribution >= 0.6 is 0 Å². The molecule has 2 N–H and O–H groups in total. The van der Waals surface area contributed by atoms with Crippen molar-refractivity contribution in [1.29, 1.82) is 0 Å². The van der Waals surface area contributed by atoms with Crippen LogP contribution in [0.2, 0.25) is 0 Å². The molecule has 3 heteroatoms. The van der Waals surface area contributed by atoms with Gasteiger partial charge in [0.2, 0.25) is 0 Å². The van der Waals surface area contributed by atoms with Gasteiger partial charge in [-0.2, -0.15) is 0 Å². The molecule has 2 unspecified atom stereocenters. The molecule has 1 aromatic carbocycles. The van der Waals surface area contributed by atoms with Gasteiger partial charge in [0.15, 0.2) is 0 Å². The van der Waals surface area contributed by atoms with Crippen molar-refractivity contribution in [2.75, 3.05) is 20.2 Å². The van der Waals surface area contributed by atoms with Crippen molar-refractivity contribution < 1.29 is 9.84 Å². The first-order valence-electron chi connectivity index (χ1n) is 6.18. The molecule has 3 nitrogen and oxygen atoms in total. The highest BCUT2D eigenvalue weighted by Gasteiger charge is 2.34. The molecule has 2 rings (SSSR count). The maximum absolute atomic E-state index is 10.3. The molecule has 1 saturated heterocycles. The standard InChI is InChI=1S/C14H21NO2/c1-14(16)7-8-15-10-12(14)9-11-3-5-13(17-2)6-4-11/h3-6,12,15-16H,7-10H2,1-2H3. The van der Waals surface area contributed by atoms with E-state index in [1.807, 2.05) is 19.1 Å². The highest BCUT2D eigenvalue weighted by atomic mass is 16.5. The van der Waals surface area contributed by atoms with E-state index in [4.69, 9.17) is 4.74 Å². The highest BCUT2D eigenvalue weighted by Crippen LogP contribution is 2.27. The molecule has 0 amide bonds. The maximum atomic E-state index is 10.3. The van der Waals surface area contributed by atoms with Crippen molar-refractivity contribution in [3.05, 3.63) is 29.8 Å². The van der Waals surface area contributed by atoms with Gasteiger partial charge in [0.05, 0.1) is 12.7 Å². The fraction of sp³-hybridized carbons (Fsp3) is 0.571. The molecule has 1 fully saturated rings. The number of aliphatic hydroxyl groups is 1. The fourth-order valence-corrected chi connectivity index (χ4v) is 2.38. The van der Waals surface area contributed by atoms with E-state index < -0.39 is 5.60 Å². The monoisotopic (exact) mass is 235 g/mol. The van der Waals surface area contributed by atoms with Gasteiger partial charge in [-0.1, -0.05) is 12.1 Å². The Hall–Kier alpha value is -1.06. The Labute approximate surface area is 103 Å². The molecule has 0 saturated carbocycles. The zero-order valence-electron chi connectivity index (χ0n) is 10.6. The van der Waals surface area contributed by atoms with E-state index in [2.05, 4.69) is 17.4 Å². The number of rotatable bonds is 3. The van der Waals surface area contributed by atoms with Gasteiger partial charge >= 0.3 is 0 Å². The van der Waals surface area contributed by atoms with E-state index in [-0.39, 0.29) is 5.92 Å². The molecule has 0 radical (unpaired) electrons. The van der Waals surface area contributed by atoms with Crippen LogP contribution in [0.5, 0.6) is 5.75 Å². The molecule has 1 aliphatic rings. The zero-order valence-corrected chi connectivity index (χ0v) is 10.6. The third kappa shape index (κ3) is 2.99. The maximum Gasteiger partial charge on any atom is 0.118 e. The summed E-state index contributed by atoms with van der Waals surface area (Å²) < 4.78 is 5.14. The number of benzene rings is 1. The molecule has 0 spiro atoms. The van der Waals surface area contributed by atoms with Crippen LogP contribution in [0, 0.1) is 5.92 Å². The molecule has 1 aromatic rings. The average Bonchev–Trinajstić information content (AvgIpc) is 2.33. The Morgan fingerprint density at radius 1 is 1.41 bits per heavy atom. The lowest BCUT2D eigenvalue weighted by molar-refractivity contribution is -0.0234. The molecule has 1 aliphatic heterocycles. The third-order valence-electron chi connectivity index (χ3n) is 3.72. The van der Waals surface area contributed by atoms with Gasteiger partial charge in [-0.05, 0) is 44.0 Å². The van der Waals surface area contributed by atoms with Crippen molar-refractivity contribution in [2.24, 2.45) is 5.92 Å². The van der Waals surface area contributed by atoms with Gasteiger partial charge in [-0.25, -0.2) is 0 Å². The van der Waals surface area contributed by atoms with Gasteiger partial charge in [0, 0.05) is 12.5 Å². The van der Waals surface area contributed by atoms with Crippen LogP contribution in [0.3, 0.4) is 0 Å². The summed E-state index contributed by atoms with van der Waals surface area (Å²) in [6, 6.07) is 8.09. The minimum Gasteiger partial charge on any atom is -0.497 e. The Bertz CT molecular complexity index is 359. The predicted molar refractivity (Wildman–Crippen MR) is 68.3 cm³/mol. The molecule has 17 heavy (non-hydrogen) atoms. The van der Waals surface area contributed by atoms with Crippen molar-refractivity contribution in [3.8, 4) is 5.75 Å². The number of hydrogen-bond donors (Lipinski definition) is 2. The first-order chi connectivity index (χ1) is 8.12. The second-order valence-corrected chi connectivity index (χ2v) is 5.06. The fourth-order valence-electron chi connectivity index (χ4n) is 2.38. The number of piperidine rings is 1. The highest BCUT2D eigenvalue weighted by molar-refractivity contribution is 5.27. The first-order valence-corrected chi connectivity index (χ1v) is 6.18. The topological polar surface area (TPSA) is 41.5 Å². The minimum atomic E-state index is -0.550. The molecule has 2 atom stereocenters. The Kier molecular flexibility index (Phi) is 3.69. The van der Waals surface area contributed by atoms with Crippen molar-refractivity contribution in [2.45, 2.75) is 25.4 Å². The molecular formula is C14H21NO2. The van der Waals surface area contributed by atoms with Gasteiger partial charge < -0.3 is 15.2 Å². The van der Waals surface area contributed by atoms with Crippen LogP contribution in [0.1, 0.15) is 18.9 Å². The number of methoxy groups -OCH3 is 1. The summed E-state index contributed by atoms with van der Waals surface area (Å²) in [5, 5.41) is 13.7. The van der Waals surface area contributed by atoms with E-state index in [0.29, 0.717) is 0 Å². The first kappa shape index (κ1) is 12.4. The number of ether oxygens (including phenoxy) is 1. The zero-order chi connectivity index (χ0) is 12.3. The van der Waals surface area contributed by atoms with E-state index >= 15 is 0 Å². The summed E-state index contributed by atoms with van der Waals surface area (Å²) in [4.78, 5) is 0. The normalized spacial score (nSPS) is 29.0. The van der Waals surface area contributed by atoms with Crippen LogP contribution in [-0.2, 0) is 6.42 Å². The van der Waals surface area contributed by atoms with E-state index in [0.717, 1.165) is 31.7 Å².